The molecule has 0 saturated carbocycles. The first-order valence-electron chi connectivity index (χ1n) is 7.62. The van der Waals surface area contributed by atoms with Gasteiger partial charge in [0.2, 0.25) is 0 Å². The molecule has 4 aromatic rings. The number of fused-ring (bicyclic) bond motifs is 2. The van der Waals surface area contributed by atoms with E-state index < -0.39 is 0 Å². The van der Waals surface area contributed by atoms with Gasteiger partial charge in [0, 0.05) is 20.3 Å². The third-order valence-electron chi connectivity index (χ3n) is 4.40. The van der Waals surface area contributed by atoms with Gasteiger partial charge in [-0.25, -0.2) is 9.78 Å². The molecule has 0 aliphatic heterocycles. The molecule has 0 fully saturated rings. The third-order valence-corrected chi connectivity index (χ3v) is 4.40. The van der Waals surface area contributed by atoms with Crippen LogP contribution in [0.5, 0.6) is 0 Å². The van der Waals surface area contributed by atoms with E-state index in [1.54, 1.807) is 13.2 Å². The monoisotopic (exact) mass is 317 g/mol. The summed E-state index contributed by atoms with van der Waals surface area (Å²) in [6.07, 6.45) is 1.63. The van der Waals surface area contributed by atoms with Crippen molar-refractivity contribution in [1.29, 1.82) is 0 Å². The van der Waals surface area contributed by atoms with Crippen LogP contribution in [0, 0.1) is 0 Å². The average Bonchev–Trinajstić information content (AvgIpc) is 2.63. The van der Waals surface area contributed by atoms with E-state index in [0.717, 1.165) is 26.5 Å². The Bertz CT molecular complexity index is 1220. The highest BCUT2D eigenvalue weighted by Gasteiger charge is 2.14. The number of aromatic nitrogens is 3. The summed E-state index contributed by atoms with van der Waals surface area (Å²) in [4.78, 5) is 29.0. The summed E-state index contributed by atoms with van der Waals surface area (Å²) < 4.78 is 2.52. The van der Waals surface area contributed by atoms with Crippen molar-refractivity contribution in [2.75, 3.05) is 0 Å². The van der Waals surface area contributed by atoms with Crippen LogP contribution in [-0.4, -0.2) is 14.1 Å². The molecule has 0 unspecified atom stereocenters. The second kappa shape index (κ2) is 5.16. The Morgan fingerprint density at radius 2 is 1.62 bits per heavy atom. The molecular weight excluding hydrogens is 302 g/mol. The molecule has 2 heterocycles. The van der Waals surface area contributed by atoms with Gasteiger partial charge in [-0.1, -0.05) is 36.4 Å². The number of pyridine rings is 1. The molecule has 0 atom stereocenters. The minimum Gasteiger partial charge on any atom is -0.280 e. The van der Waals surface area contributed by atoms with E-state index in [1.807, 2.05) is 42.5 Å². The summed E-state index contributed by atoms with van der Waals surface area (Å²) in [5, 5.41) is 2.69. The third kappa shape index (κ3) is 1.98. The normalized spacial score (nSPS) is 11.2. The minimum absolute atomic E-state index is 0.329. The average molecular weight is 317 g/mol. The molecule has 5 nitrogen and oxygen atoms in total. The van der Waals surface area contributed by atoms with E-state index in [1.165, 1.54) is 11.6 Å². The van der Waals surface area contributed by atoms with E-state index >= 15 is 0 Å². The Morgan fingerprint density at radius 3 is 2.42 bits per heavy atom. The van der Waals surface area contributed by atoms with Crippen LogP contribution in [0.4, 0.5) is 0 Å². The van der Waals surface area contributed by atoms with Gasteiger partial charge in [0.1, 0.15) is 5.65 Å². The Morgan fingerprint density at radius 1 is 0.875 bits per heavy atom. The lowest BCUT2D eigenvalue weighted by Crippen LogP contribution is -2.37. The zero-order chi connectivity index (χ0) is 16.8. The second-order valence-corrected chi connectivity index (χ2v) is 5.82. The molecule has 118 valence electrons. The first-order valence-corrected chi connectivity index (χ1v) is 7.62. The van der Waals surface area contributed by atoms with Gasteiger partial charge < -0.3 is 0 Å². The van der Waals surface area contributed by atoms with E-state index in [-0.39, 0.29) is 11.2 Å². The smallest absolute Gasteiger partial charge is 0.280 e. The van der Waals surface area contributed by atoms with Crippen molar-refractivity contribution in [3.8, 4) is 11.1 Å². The van der Waals surface area contributed by atoms with Gasteiger partial charge in [0.15, 0.2) is 0 Å². The number of hydrogen-bond acceptors (Lipinski definition) is 3. The Kier molecular flexibility index (Phi) is 3.09. The van der Waals surface area contributed by atoms with Crippen molar-refractivity contribution in [2.45, 2.75) is 0 Å². The largest absolute Gasteiger partial charge is 0.332 e. The quantitative estimate of drug-likeness (QED) is 0.542. The minimum atomic E-state index is -0.379. The SMILES string of the molecule is Cn1c(=O)c2c(-c3ccc4ccccc4c3)ccnc2n(C)c1=O. The van der Waals surface area contributed by atoms with Crippen molar-refractivity contribution in [3.63, 3.8) is 0 Å². The molecule has 0 bridgehead atoms. The van der Waals surface area contributed by atoms with E-state index in [4.69, 9.17) is 0 Å². The zero-order valence-corrected chi connectivity index (χ0v) is 13.4. The summed E-state index contributed by atoms with van der Waals surface area (Å²) >= 11 is 0. The molecule has 24 heavy (non-hydrogen) atoms. The molecule has 2 aromatic heterocycles. The Hall–Kier alpha value is -3.21. The molecule has 0 amide bonds. The summed E-state index contributed by atoms with van der Waals surface area (Å²) in [5.41, 5.74) is 1.40. The molecule has 5 heteroatoms. The molecule has 0 N–H and O–H groups in total. The van der Waals surface area contributed by atoms with E-state index in [0.29, 0.717) is 11.0 Å². The van der Waals surface area contributed by atoms with Crippen molar-refractivity contribution in [1.82, 2.24) is 14.1 Å². The van der Waals surface area contributed by atoms with Crippen molar-refractivity contribution in [3.05, 3.63) is 75.6 Å². The van der Waals surface area contributed by atoms with Crippen LogP contribution in [0.25, 0.3) is 32.9 Å². The summed E-state index contributed by atoms with van der Waals surface area (Å²) in [7, 11) is 3.11. The van der Waals surface area contributed by atoms with Gasteiger partial charge in [-0.3, -0.25) is 13.9 Å². The van der Waals surface area contributed by atoms with Crippen molar-refractivity contribution < 1.29 is 0 Å². The maximum absolute atomic E-state index is 12.7. The number of nitrogens with zero attached hydrogens (tertiary/aromatic N) is 3. The summed E-state index contributed by atoms with van der Waals surface area (Å²) in [5.74, 6) is 0. The van der Waals surface area contributed by atoms with E-state index in [9.17, 15) is 9.59 Å². The number of aryl methyl sites for hydroxylation is 1. The molecule has 0 aliphatic rings. The molecule has 0 spiro atoms. The van der Waals surface area contributed by atoms with Gasteiger partial charge in [-0.05, 0) is 34.0 Å². The van der Waals surface area contributed by atoms with Gasteiger partial charge in [-0.15, -0.1) is 0 Å². The fourth-order valence-electron chi connectivity index (χ4n) is 3.08. The fraction of sp³-hybridized carbons (Fsp3) is 0.105. The highest BCUT2D eigenvalue weighted by atomic mass is 16.2. The molecule has 2 aromatic carbocycles. The fourth-order valence-corrected chi connectivity index (χ4v) is 3.08. The molecule has 4 rings (SSSR count). The molecule has 0 radical (unpaired) electrons. The molecule has 0 saturated heterocycles. The summed E-state index contributed by atoms with van der Waals surface area (Å²) in [6, 6.07) is 16.0. The standard InChI is InChI=1S/C19H15N3O2/c1-21-17-16(18(23)22(2)19(21)24)15(9-10-20-17)14-8-7-12-5-3-4-6-13(12)11-14/h3-11H,1-2H3. The predicted octanol–water partition coefficient (Wildman–Crippen LogP) is 2.45. The van der Waals surface area contributed by atoms with Crippen LogP contribution in [-0.2, 0) is 14.1 Å². The Balaban J connectivity index is 2.13. The van der Waals surface area contributed by atoms with Crippen LogP contribution in [0.3, 0.4) is 0 Å². The van der Waals surface area contributed by atoms with Crippen molar-refractivity contribution in [2.24, 2.45) is 14.1 Å². The number of benzene rings is 2. The van der Waals surface area contributed by atoms with Crippen LogP contribution in [0.1, 0.15) is 0 Å². The van der Waals surface area contributed by atoms with Gasteiger partial charge >= 0.3 is 5.69 Å². The summed E-state index contributed by atoms with van der Waals surface area (Å²) in [6.45, 7) is 0. The van der Waals surface area contributed by atoms with Crippen LogP contribution in [0.15, 0.2) is 64.3 Å². The number of rotatable bonds is 1. The Labute approximate surface area is 137 Å². The van der Waals surface area contributed by atoms with E-state index in [2.05, 4.69) is 11.1 Å². The maximum Gasteiger partial charge on any atom is 0.332 e. The van der Waals surface area contributed by atoms with Crippen LogP contribution >= 0.6 is 0 Å². The van der Waals surface area contributed by atoms with Gasteiger partial charge in [-0.2, -0.15) is 0 Å². The molecular formula is C19H15N3O2. The first kappa shape index (κ1) is 14.4. The predicted molar refractivity (Wildman–Crippen MR) is 95.2 cm³/mol. The second-order valence-electron chi connectivity index (χ2n) is 5.82. The zero-order valence-electron chi connectivity index (χ0n) is 13.4. The highest BCUT2D eigenvalue weighted by molar-refractivity contribution is 5.95. The topological polar surface area (TPSA) is 56.9 Å². The lowest BCUT2D eigenvalue weighted by molar-refractivity contribution is 0.708. The van der Waals surface area contributed by atoms with Crippen LogP contribution in [0.2, 0.25) is 0 Å². The first-order chi connectivity index (χ1) is 11.6. The highest BCUT2D eigenvalue weighted by Crippen LogP contribution is 2.27. The van der Waals surface area contributed by atoms with Gasteiger partial charge in [0.05, 0.1) is 5.39 Å². The van der Waals surface area contributed by atoms with Crippen LogP contribution < -0.4 is 11.2 Å². The van der Waals surface area contributed by atoms with Crippen molar-refractivity contribution >= 4 is 21.8 Å². The lowest BCUT2D eigenvalue weighted by atomic mass is 10.00. The molecule has 0 aliphatic carbocycles. The maximum atomic E-state index is 12.7. The lowest BCUT2D eigenvalue weighted by Gasteiger charge is -2.11. The number of hydrogen-bond donors (Lipinski definition) is 0. The van der Waals surface area contributed by atoms with Gasteiger partial charge in [0.25, 0.3) is 5.56 Å².